The molecule has 0 bridgehead atoms. The van der Waals surface area contributed by atoms with E-state index in [1.54, 1.807) is 19.1 Å². The van der Waals surface area contributed by atoms with Crippen molar-refractivity contribution < 1.29 is 4.39 Å². The number of hydrogen-bond acceptors (Lipinski definition) is 5. The van der Waals surface area contributed by atoms with Crippen LogP contribution in [0.25, 0.3) is 0 Å². The summed E-state index contributed by atoms with van der Waals surface area (Å²) in [4.78, 5) is 0. The molecular formula is C10H10BrFN6. The van der Waals surface area contributed by atoms with Gasteiger partial charge in [0.25, 0.3) is 5.95 Å². The van der Waals surface area contributed by atoms with Crippen molar-refractivity contribution in [2.75, 3.05) is 11.3 Å². The van der Waals surface area contributed by atoms with Crippen molar-refractivity contribution in [1.29, 1.82) is 0 Å². The Morgan fingerprint density at radius 2 is 2.28 bits per heavy atom. The molecule has 18 heavy (non-hydrogen) atoms. The third kappa shape index (κ3) is 2.65. The molecule has 0 saturated carbocycles. The molecule has 0 aliphatic heterocycles. The fourth-order valence-corrected chi connectivity index (χ4v) is 1.60. The van der Waals surface area contributed by atoms with Crippen LogP contribution in [0.3, 0.4) is 0 Å². The van der Waals surface area contributed by atoms with Crippen molar-refractivity contribution in [3.05, 3.63) is 39.9 Å². The molecule has 0 saturated heterocycles. The van der Waals surface area contributed by atoms with E-state index in [4.69, 9.17) is 5.84 Å². The van der Waals surface area contributed by atoms with Gasteiger partial charge in [0.15, 0.2) is 5.82 Å². The second-order valence-corrected chi connectivity index (χ2v) is 4.34. The molecule has 0 atom stereocenters. The van der Waals surface area contributed by atoms with E-state index in [0.29, 0.717) is 16.2 Å². The molecule has 3 N–H and O–H groups in total. The minimum absolute atomic E-state index is 0.322. The standard InChI is InChI=1S/C10H10BrFN6/c1-6-15-17-10(18(6)13)16-14-5-7-2-3-9(12)8(11)4-7/h2-5H,13H2,1H3,(H,16,17)/b14-5-. The maximum atomic E-state index is 13.0. The van der Waals surface area contributed by atoms with Gasteiger partial charge in [0.1, 0.15) is 5.82 Å². The molecule has 2 aromatic rings. The Balaban J connectivity index is 2.07. The molecular weight excluding hydrogens is 303 g/mol. The fourth-order valence-electron chi connectivity index (χ4n) is 1.20. The monoisotopic (exact) mass is 312 g/mol. The second kappa shape index (κ2) is 5.13. The summed E-state index contributed by atoms with van der Waals surface area (Å²) in [5.41, 5.74) is 3.37. The van der Waals surface area contributed by atoms with Gasteiger partial charge in [0, 0.05) is 0 Å². The summed E-state index contributed by atoms with van der Waals surface area (Å²) in [5.74, 6) is 6.19. The molecule has 0 unspecified atom stereocenters. The summed E-state index contributed by atoms with van der Waals surface area (Å²) in [5, 5.41) is 11.5. The molecule has 0 aliphatic rings. The molecule has 0 radical (unpaired) electrons. The van der Waals surface area contributed by atoms with Crippen LogP contribution < -0.4 is 11.3 Å². The first-order valence-electron chi connectivity index (χ1n) is 4.99. The van der Waals surface area contributed by atoms with Crippen LogP contribution in [-0.2, 0) is 0 Å². The first-order chi connectivity index (χ1) is 8.58. The molecule has 0 amide bonds. The average Bonchev–Trinajstić information content (AvgIpc) is 2.66. The summed E-state index contributed by atoms with van der Waals surface area (Å²) >= 11 is 3.09. The number of nitrogens with two attached hydrogens (primary N) is 1. The van der Waals surface area contributed by atoms with Crippen molar-refractivity contribution in [2.24, 2.45) is 5.10 Å². The van der Waals surface area contributed by atoms with Crippen LogP contribution in [0, 0.1) is 12.7 Å². The highest BCUT2D eigenvalue weighted by atomic mass is 79.9. The second-order valence-electron chi connectivity index (χ2n) is 3.48. The molecule has 8 heteroatoms. The van der Waals surface area contributed by atoms with E-state index in [1.807, 2.05) is 0 Å². The molecule has 2 rings (SSSR count). The fraction of sp³-hybridized carbons (Fsp3) is 0.100. The Morgan fingerprint density at radius 1 is 1.50 bits per heavy atom. The van der Waals surface area contributed by atoms with Crippen molar-refractivity contribution in [1.82, 2.24) is 14.9 Å². The SMILES string of the molecule is Cc1nnc(N/N=C\c2ccc(F)c(Br)c2)n1N. The highest BCUT2D eigenvalue weighted by Gasteiger charge is 2.03. The number of hydrogen-bond donors (Lipinski definition) is 2. The van der Waals surface area contributed by atoms with E-state index in [2.05, 4.69) is 36.7 Å². The Hall–Kier alpha value is -1.96. The summed E-state index contributed by atoms with van der Waals surface area (Å²) in [6.07, 6.45) is 1.52. The number of rotatable bonds is 3. The summed E-state index contributed by atoms with van der Waals surface area (Å²) in [6.45, 7) is 1.72. The lowest BCUT2D eigenvalue weighted by Crippen LogP contribution is -2.13. The van der Waals surface area contributed by atoms with Gasteiger partial charge < -0.3 is 5.84 Å². The van der Waals surface area contributed by atoms with Gasteiger partial charge in [-0.15, -0.1) is 10.2 Å². The Bertz CT molecular complexity index is 594. The number of aromatic nitrogens is 3. The van der Waals surface area contributed by atoms with Crippen molar-refractivity contribution >= 4 is 28.1 Å². The first-order valence-corrected chi connectivity index (χ1v) is 5.78. The molecule has 0 fully saturated rings. The predicted molar refractivity (Wildman–Crippen MR) is 70.2 cm³/mol. The largest absolute Gasteiger partial charge is 0.335 e. The Labute approximate surface area is 111 Å². The van der Waals surface area contributed by atoms with Crippen LogP contribution >= 0.6 is 15.9 Å². The maximum absolute atomic E-state index is 13.0. The van der Waals surface area contributed by atoms with Gasteiger partial charge in [-0.05, 0) is 40.5 Å². The zero-order valence-electron chi connectivity index (χ0n) is 9.43. The molecule has 6 nitrogen and oxygen atoms in total. The highest BCUT2D eigenvalue weighted by Crippen LogP contribution is 2.15. The van der Waals surface area contributed by atoms with Gasteiger partial charge in [0.05, 0.1) is 10.7 Å². The van der Waals surface area contributed by atoms with Gasteiger partial charge in [-0.2, -0.15) is 5.10 Å². The van der Waals surface area contributed by atoms with Gasteiger partial charge in [-0.3, -0.25) is 0 Å². The van der Waals surface area contributed by atoms with Crippen LogP contribution in [0.2, 0.25) is 0 Å². The molecule has 1 aromatic carbocycles. The molecule has 94 valence electrons. The first kappa shape index (κ1) is 12.5. The van der Waals surface area contributed by atoms with E-state index in [9.17, 15) is 4.39 Å². The van der Waals surface area contributed by atoms with Gasteiger partial charge >= 0.3 is 0 Å². The lowest BCUT2D eigenvalue weighted by molar-refractivity contribution is 0.621. The lowest BCUT2D eigenvalue weighted by Gasteiger charge is -1.99. The maximum Gasteiger partial charge on any atom is 0.263 e. The number of nitrogens with one attached hydrogen (secondary N) is 1. The van der Waals surface area contributed by atoms with Gasteiger partial charge in [-0.25, -0.2) is 14.5 Å². The minimum Gasteiger partial charge on any atom is -0.335 e. The van der Waals surface area contributed by atoms with Crippen LogP contribution in [0.5, 0.6) is 0 Å². The average molecular weight is 313 g/mol. The van der Waals surface area contributed by atoms with E-state index in [1.165, 1.54) is 17.0 Å². The van der Waals surface area contributed by atoms with E-state index < -0.39 is 0 Å². The van der Waals surface area contributed by atoms with Gasteiger partial charge in [0.2, 0.25) is 0 Å². The van der Waals surface area contributed by atoms with Crippen molar-refractivity contribution in [2.45, 2.75) is 6.92 Å². The zero-order chi connectivity index (χ0) is 13.1. The lowest BCUT2D eigenvalue weighted by atomic mass is 10.2. The normalized spacial score (nSPS) is 11.1. The number of aryl methyl sites for hydroxylation is 1. The van der Waals surface area contributed by atoms with E-state index in [-0.39, 0.29) is 5.82 Å². The molecule has 1 heterocycles. The van der Waals surface area contributed by atoms with E-state index in [0.717, 1.165) is 5.56 Å². The number of benzene rings is 1. The Morgan fingerprint density at radius 3 is 2.89 bits per heavy atom. The quantitative estimate of drug-likeness (QED) is 0.513. The minimum atomic E-state index is -0.322. The molecule has 0 aliphatic carbocycles. The van der Waals surface area contributed by atoms with Gasteiger partial charge in [-0.1, -0.05) is 6.07 Å². The number of nitrogens with zero attached hydrogens (tertiary/aromatic N) is 4. The highest BCUT2D eigenvalue weighted by molar-refractivity contribution is 9.10. The number of anilines is 1. The van der Waals surface area contributed by atoms with Crippen LogP contribution in [0.15, 0.2) is 27.8 Å². The topological polar surface area (TPSA) is 81.1 Å². The van der Waals surface area contributed by atoms with Crippen LogP contribution in [-0.4, -0.2) is 21.1 Å². The third-order valence-corrected chi connectivity index (χ3v) is 2.80. The molecule has 1 aromatic heterocycles. The third-order valence-electron chi connectivity index (χ3n) is 2.19. The van der Waals surface area contributed by atoms with Crippen molar-refractivity contribution in [3.63, 3.8) is 0 Å². The number of halogens is 2. The summed E-state index contributed by atoms with van der Waals surface area (Å²) in [7, 11) is 0. The van der Waals surface area contributed by atoms with Crippen molar-refractivity contribution in [3.8, 4) is 0 Å². The Kier molecular flexibility index (Phi) is 3.56. The van der Waals surface area contributed by atoms with Crippen LogP contribution in [0.4, 0.5) is 10.3 Å². The zero-order valence-corrected chi connectivity index (χ0v) is 11.0. The number of hydrazone groups is 1. The predicted octanol–water partition coefficient (Wildman–Crippen LogP) is 1.65. The number of nitrogen functional groups attached to an aromatic ring is 1. The molecule has 0 spiro atoms. The van der Waals surface area contributed by atoms with Crippen LogP contribution in [0.1, 0.15) is 11.4 Å². The smallest absolute Gasteiger partial charge is 0.263 e. The summed E-state index contributed by atoms with van der Waals surface area (Å²) < 4.78 is 14.7. The summed E-state index contributed by atoms with van der Waals surface area (Å²) in [6, 6.07) is 4.56. The van der Waals surface area contributed by atoms with E-state index >= 15 is 0 Å².